The quantitative estimate of drug-likeness (QED) is 0.538. The molecule has 0 aliphatic heterocycles. The maximum atomic E-state index is 5.93. The van der Waals surface area contributed by atoms with E-state index in [2.05, 4.69) is 20.9 Å². The van der Waals surface area contributed by atoms with E-state index in [1.807, 2.05) is 60.7 Å². The monoisotopic (exact) mass is 360 g/mol. The molecule has 27 heavy (non-hydrogen) atoms. The first kappa shape index (κ1) is 16.9. The van der Waals surface area contributed by atoms with Gasteiger partial charge < -0.3 is 19.4 Å². The van der Waals surface area contributed by atoms with Gasteiger partial charge in [-0.15, -0.1) is 0 Å². The fraction of sp³-hybridized carbons (Fsp3) is 0.143. The summed E-state index contributed by atoms with van der Waals surface area (Å²) in [5, 5.41) is 3.33. The van der Waals surface area contributed by atoms with E-state index in [-0.39, 0.29) is 0 Å². The Morgan fingerprint density at radius 2 is 1.70 bits per heavy atom. The number of anilines is 1. The van der Waals surface area contributed by atoms with Crippen LogP contribution in [0.25, 0.3) is 11.0 Å². The lowest BCUT2D eigenvalue weighted by Crippen LogP contribution is -2.13. The highest BCUT2D eigenvalue weighted by atomic mass is 16.5. The number of nitrogens with zero attached hydrogens (tertiary/aromatic N) is 3. The summed E-state index contributed by atoms with van der Waals surface area (Å²) in [4.78, 5) is 9.04. The van der Waals surface area contributed by atoms with Gasteiger partial charge in [0.05, 0.1) is 24.8 Å². The molecule has 0 atom stereocenters. The first-order chi connectivity index (χ1) is 13.3. The molecule has 2 aromatic carbocycles. The second-order valence-corrected chi connectivity index (χ2v) is 5.96. The zero-order valence-electron chi connectivity index (χ0n) is 15.0. The van der Waals surface area contributed by atoms with Gasteiger partial charge in [-0.05, 0) is 48.5 Å². The maximum absolute atomic E-state index is 5.93. The fourth-order valence-electron chi connectivity index (χ4n) is 2.86. The van der Waals surface area contributed by atoms with Crippen molar-refractivity contribution in [1.82, 2.24) is 14.5 Å². The molecule has 0 saturated carbocycles. The van der Waals surface area contributed by atoms with Crippen molar-refractivity contribution in [1.29, 1.82) is 0 Å². The normalized spacial score (nSPS) is 10.7. The van der Waals surface area contributed by atoms with Crippen LogP contribution >= 0.6 is 0 Å². The van der Waals surface area contributed by atoms with Crippen LogP contribution in [0.2, 0.25) is 0 Å². The number of nitrogens with one attached hydrogen (secondary N) is 1. The number of hydrogen-bond donors (Lipinski definition) is 1. The highest BCUT2D eigenvalue weighted by Crippen LogP contribution is 2.20. The zero-order chi connectivity index (χ0) is 18.5. The van der Waals surface area contributed by atoms with E-state index in [1.165, 1.54) is 0 Å². The van der Waals surface area contributed by atoms with E-state index in [1.54, 1.807) is 13.3 Å². The molecule has 0 radical (unpaired) electrons. The molecule has 4 aromatic rings. The van der Waals surface area contributed by atoms with E-state index in [0.717, 1.165) is 34.2 Å². The van der Waals surface area contributed by atoms with Crippen molar-refractivity contribution in [2.45, 2.75) is 13.3 Å². The minimum Gasteiger partial charge on any atom is -0.497 e. The molecule has 0 spiro atoms. The molecular formula is C21H20N4O2. The van der Waals surface area contributed by atoms with Gasteiger partial charge in [-0.25, -0.2) is 9.97 Å². The second-order valence-electron chi connectivity index (χ2n) is 5.96. The van der Waals surface area contributed by atoms with Crippen molar-refractivity contribution in [3.63, 3.8) is 0 Å². The Morgan fingerprint density at radius 1 is 0.926 bits per heavy atom. The Hall–Kier alpha value is -3.54. The number of pyridine rings is 1. The van der Waals surface area contributed by atoms with Gasteiger partial charge in [0, 0.05) is 6.20 Å². The molecule has 1 N–H and O–H groups in total. The molecule has 0 amide bonds. The van der Waals surface area contributed by atoms with Crippen molar-refractivity contribution >= 4 is 16.9 Å². The maximum Gasteiger partial charge on any atom is 0.149 e. The Morgan fingerprint density at radius 3 is 2.48 bits per heavy atom. The molecule has 6 heteroatoms. The summed E-state index contributed by atoms with van der Waals surface area (Å²) >= 11 is 0. The Kier molecular flexibility index (Phi) is 4.87. The van der Waals surface area contributed by atoms with Gasteiger partial charge in [0.25, 0.3) is 0 Å². The Balaban J connectivity index is 1.55. The Bertz CT molecular complexity index is 1010. The number of imidazole rings is 1. The first-order valence-corrected chi connectivity index (χ1v) is 8.69. The molecule has 2 heterocycles. The molecule has 0 aliphatic rings. The van der Waals surface area contributed by atoms with Crippen LogP contribution < -0.4 is 14.8 Å². The number of methoxy groups -OCH3 is 1. The predicted octanol–water partition coefficient (Wildman–Crippen LogP) is 4.09. The van der Waals surface area contributed by atoms with Crippen molar-refractivity contribution in [3.8, 4) is 11.5 Å². The van der Waals surface area contributed by atoms with Gasteiger partial charge in [0.15, 0.2) is 0 Å². The lowest BCUT2D eigenvalue weighted by atomic mass is 10.3. The number of para-hydroxylation sites is 2. The van der Waals surface area contributed by atoms with Crippen LogP contribution in [0, 0.1) is 0 Å². The lowest BCUT2D eigenvalue weighted by Gasteiger charge is -2.12. The minimum atomic E-state index is 0.366. The van der Waals surface area contributed by atoms with Gasteiger partial charge in [0.2, 0.25) is 0 Å². The third-order valence-electron chi connectivity index (χ3n) is 4.24. The van der Waals surface area contributed by atoms with Crippen molar-refractivity contribution in [3.05, 3.63) is 78.8 Å². The average molecular weight is 360 g/mol. The highest BCUT2D eigenvalue weighted by molar-refractivity contribution is 5.76. The number of hydrogen-bond acceptors (Lipinski definition) is 5. The molecule has 0 saturated heterocycles. The van der Waals surface area contributed by atoms with Crippen molar-refractivity contribution in [2.24, 2.45) is 0 Å². The number of ether oxygens (including phenoxy) is 2. The highest BCUT2D eigenvalue weighted by Gasteiger charge is 2.11. The average Bonchev–Trinajstić information content (AvgIpc) is 3.09. The SMILES string of the molecule is COc1ccc(OCc2nc3ccccc3n2CNc2ccccn2)cc1. The molecule has 0 fully saturated rings. The van der Waals surface area contributed by atoms with Crippen LogP contribution in [0.3, 0.4) is 0 Å². The van der Waals surface area contributed by atoms with Crippen LogP contribution in [0.4, 0.5) is 5.82 Å². The minimum absolute atomic E-state index is 0.366. The zero-order valence-corrected chi connectivity index (χ0v) is 15.0. The van der Waals surface area contributed by atoms with Crippen LogP contribution in [0.15, 0.2) is 72.9 Å². The third-order valence-corrected chi connectivity index (χ3v) is 4.24. The lowest BCUT2D eigenvalue weighted by molar-refractivity contribution is 0.290. The third kappa shape index (κ3) is 3.84. The topological polar surface area (TPSA) is 61.2 Å². The van der Waals surface area contributed by atoms with Gasteiger partial charge in [-0.2, -0.15) is 0 Å². The van der Waals surface area contributed by atoms with Crippen LogP contribution in [0.5, 0.6) is 11.5 Å². The molecular weight excluding hydrogens is 340 g/mol. The van der Waals surface area contributed by atoms with Crippen molar-refractivity contribution < 1.29 is 9.47 Å². The molecule has 2 aromatic heterocycles. The standard InChI is InChI=1S/C21H20N4O2/c1-26-16-9-11-17(12-10-16)27-14-21-24-18-6-2-3-7-19(18)25(21)15-23-20-8-4-5-13-22-20/h2-13H,14-15H2,1H3,(H,22,23). The molecule has 136 valence electrons. The van der Waals surface area contributed by atoms with Crippen molar-refractivity contribution in [2.75, 3.05) is 12.4 Å². The van der Waals surface area contributed by atoms with E-state index in [9.17, 15) is 0 Å². The van der Waals surface area contributed by atoms with E-state index in [0.29, 0.717) is 13.3 Å². The molecule has 0 unspecified atom stereocenters. The summed E-state index contributed by atoms with van der Waals surface area (Å²) in [6, 6.07) is 21.4. The van der Waals surface area contributed by atoms with Gasteiger partial charge in [0.1, 0.15) is 29.7 Å². The van der Waals surface area contributed by atoms with Gasteiger partial charge in [-0.1, -0.05) is 18.2 Å². The Labute approximate surface area is 157 Å². The fourth-order valence-corrected chi connectivity index (χ4v) is 2.86. The summed E-state index contributed by atoms with van der Waals surface area (Å²) in [7, 11) is 1.65. The summed E-state index contributed by atoms with van der Waals surface area (Å²) in [6.45, 7) is 0.920. The van der Waals surface area contributed by atoms with Crippen LogP contribution in [-0.2, 0) is 13.3 Å². The van der Waals surface area contributed by atoms with Crippen LogP contribution in [-0.4, -0.2) is 21.6 Å². The second kappa shape index (κ2) is 7.78. The van der Waals surface area contributed by atoms with E-state index < -0.39 is 0 Å². The number of rotatable bonds is 7. The summed E-state index contributed by atoms with van der Waals surface area (Å²) in [6.07, 6.45) is 1.77. The number of aromatic nitrogens is 3. The van der Waals surface area contributed by atoms with Crippen LogP contribution in [0.1, 0.15) is 5.82 Å². The predicted molar refractivity (Wildman–Crippen MR) is 105 cm³/mol. The first-order valence-electron chi connectivity index (χ1n) is 8.69. The summed E-state index contributed by atoms with van der Waals surface area (Å²) in [5.74, 6) is 3.23. The molecule has 6 nitrogen and oxygen atoms in total. The smallest absolute Gasteiger partial charge is 0.149 e. The molecule has 4 rings (SSSR count). The van der Waals surface area contributed by atoms with E-state index in [4.69, 9.17) is 14.5 Å². The van der Waals surface area contributed by atoms with E-state index >= 15 is 0 Å². The summed E-state index contributed by atoms with van der Waals surface area (Å²) in [5.41, 5.74) is 1.99. The molecule has 0 aliphatic carbocycles. The number of fused-ring (bicyclic) bond motifs is 1. The van der Waals surface area contributed by atoms with Gasteiger partial charge >= 0.3 is 0 Å². The summed E-state index contributed by atoms with van der Waals surface area (Å²) < 4.78 is 13.2. The largest absolute Gasteiger partial charge is 0.497 e. The van der Waals surface area contributed by atoms with Gasteiger partial charge in [-0.3, -0.25) is 0 Å². The molecule has 0 bridgehead atoms. The number of benzene rings is 2.